The number of carbonyl (C=O) groups excluding carboxylic acids is 1. The van der Waals surface area contributed by atoms with E-state index in [-0.39, 0.29) is 18.9 Å². The van der Waals surface area contributed by atoms with Crippen LogP contribution in [-0.2, 0) is 26.2 Å². The first-order valence-corrected chi connectivity index (χ1v) is 8.70. The van der Waals surface area contributed by atoms with Crippen LogP contribution in [0.1, 0.15) is 23.7 Å². The standard InChI is InChI=1S/C18H23F3N4O3/c1-3-16-12(10-25(2)24-16)8-22-17(27)23-9-14(26)11-28-15-6-4-13(5-7-15)18(19,20)21/h4-7,10,14,26H,3,8-9,11H2,1-2H3,(H2,22,23,27). The Morgan fingerprint density at radius 1 is 1.29 bits per heavy atom. The fourth-order valence-corrected chi connectivity index (χ4v) is 2.47. The van der Waals surface area contributed by atoms with Crippen molar-refractivity contribution in [1.29, 1.82) is 0 Å². The number of benzene rings is 1. The molecule has 1 aromatic carbocycles. The summed E-state index contributed by atoms with van der Waals surface area (Å²) in [6.45, 7) is 2.04. The number of halogens is 3. The van der Waals surface area contributed by atoms with Crippen molar-refractivity contribution < 1.29 is 27.8 Å². The average molecular weight is 400 g/mol. The number of amides is 2. The van der Waals surface area contributed by atoms with E-state index in [0.717, 1.165) is 29.8 Å². The number of carbonyl (C=O) groups is 1. The van der Waals surface area contributed by atoms with Crippen LogP contribution >= 0.6 is 0 Å². The Morgan fingerprint density at radius 3 is 2.57 bits per heavy atom. The Labute approximate surface area is 160 Å². The van der Waals surface area contributed by atoms with Gasteiger partial charge in [0.15, 0.2) is 0 Å². The van der Waals surface area contributed by atoms with Gasteiger partial charge in [0.1, 0.15) is 18.5 Å². The van der Waals surface area contributed by atoms with Crippen LogP contribution in [0.25, 0.3) is 0 Å². The lowest BCUT2D eigenvalue weighted by atomic mass is 10.2. The molecule has 0 spiro atoms. The second-order valence-corrected chi connectivity index (χ2v) is 6.18. The summed E-state index contributed by atoms with van der Waals surface area (Å²) in [7, 11) is 1.80. The van der Waals surface area contributed by atoms with Crippen molar-refractivity contribution in [2.45, 2.75) is 32.2 Å². The van der Waals surface area contributed by atoms with Crippen LogP contribution in [-0.4, -0.2) is 40.2 Å². The normalized spacial score (nSPS) is 12.5. The highest BCUT2D eigenvalue weighted by molar-refractivity contribution is 5.73. The van der Waals surface area contributed by atoms with Gasteiger partial charge in [0.05, 0.1) is 11.3 Å². The molecule has 0 bridgehead atoms. The van der Waals surface area contributed by atoms with Gasteiger partial charge in [-0.1, -0.05) is 6.92 Å². The van der Waals surface area contributed by atoms with E-state index in [9.17, 15) is 23.1 Å². The number of hydrogen-bond acceptors (Lipinski definition) is 4. The maximum Gasteiger partial charge on any atom is 0.416 e. The summed E-state index contributed by atoms with van der Waals surface area (Å²) in [4.78, 5) is 11.8. The SMILES string of the molecule is CCc1nn(C)cc1CNC(=O)NCC(O)COc1ccc(C(F)(F)F)cc1. The van der Waals surface area contributed by atoms with Crippen molar-refractivity contribution in [1.82, 2.24) is 20.4 Å². The maximum absolute atomic E-state index is 12.5. The first-order chi connectivity index (χ1) is 13.2. The predicted molar refractivity (Wildman–Crippen MR) is 95.8 cm³/mol. The first kappa shape index (κ1) is 21.5. The van der Waals surface area contributed by atoms with Crippen LogP contribution in [0, 0.1) is 0 Å². The summed E-state index contributed by atoms with van der Waals surface area (Å²) in [5.74, 6) is 0.195. The van der Waals surface area contributed by atoms with Crippen LogP contribution in [0.3, 0.4) is 0 Å². The van der Waals surface area contributed by atoms with Gasteiger partial charge < -0.3 is 20.5 Å². The Morgan fingerprint density at radius 2 is 1.96 bits per heavy atom. The van der Waals surface area contributed by atoms with Gasteiger partial charge in [0, 0.05) is 31.9 Å². The van der Waals surface area contributed by atoms with Crippen molar-refractivity contribution in [2.24, 2.45) is 7.05 Å². The highest BCUT2D eigenvalue weighted by atomic mass is 19.4. The Balaban J connectivity index is 1.70. The minimum absolute atomic E-state index is 0.0693. The third-order valence-corrected chi connectivity index (χ3v) is 3.89. The molecule has 2 rings (SSSR count). The third kappa shape index (κ3) is 6.45. The zero-order chi connectivity index (χ0) is 20.7. The van der Waals surface area contributed by atoms with E-state index in [2.05, 4.69) is 15.7 Å². The van der Waals surface area contributed by atoms with Gasteiger partial charge in [-0.15, -0.1) is 0 Å². The molecule has 1 heterocycles. The number of aliphatic hydroxyl groups is 1. The Kier molecular flexibility index (Phi) is 7.27. The van der Waals surface area contributed by atoms with Crippen LogP contribution in [0.2, 0.25) is 0 Å². The van der Waals surface area contributed by atoms with Crippen molar-refractivity contribution in [3.05, 3.63) is 47.3 Å². The van der Waals surface area contributed by atoms with E-state index in [1.165, 1.54) is 12.1 Å². The molecule has 28 heavy (non-hydrogen) atoms. The molecule has 0 fully saturated rings. The smallest absolute Gasteiger partial charge is 0.416 e. The molecule has 10 heteroatoms. The fourth-order valence-electron chi connectivity index (χ4n) is 2.47. The molecular formula is C18H23F3N4O3. The highest BCUT2D eigenvalue weighted by Crippen LogP contribution is 2.30. The van der Waals surface area contributed by atoms with Gasteiger partial charge in [-0.3, -0.25) is 4.68 Å². The van der Waals surface area contributed by atoms with E-state index in [4.69, 9.17) is 4.74 Å². The topological polar surface area (TPSA) is 88.4 Å². The minimum Gasteiger partial charge on any atom is -0.491 e. The Bertz CT molecular complexity index is 775. The number of aryl methyl sites for hydroxylation is 2. The van der Waals surface area contributed by atoms with Crippen LogP contribution < -0.4 is 15.4 Å². The molecule has 3 N–H and O–H groups in total. The first-order valence-electron chi connectivity index (χ1n) is 8.70. The average Bonchev–Trinajstić information content (AvgIpc) is 3.02. The van der Waals surface area contributed by atoms with Crippen molar-refractivity contribution in [2.75, 3.05) is 13.2 Å². The zero-order valence-corrected chi connectivity index (χ0v) is 15.6. The number of ether oxygens (including phenoxy) is 1. The summed E-state index contributed by atoms with van der Waals surface area (Å²) in [6.07, 6.45) is -2.85. The van der Waals surface area contributed by atoms with E-state index in [0.29, 0.717) is 6.54 Å². The number of urea groups is 1. The Hall–Kier alpha value is -2.75. The molecule has 2 aromatic rings. The number of nitrogens with one attached hydrogen (secondary N) is 2. The molecule has 2 amide bonds. The zero-order valence-electron chi connectivity index (χ0n) is 15.6. The monoisotopic (exact) mass is 400 g/mol. The molecule has 7 nitrogen and oxygen atoms in total. The molecule has 0 saturated heterocycles. The molecule has 0 aliphatic carbocycles. The van der Waals surface area contributed by atoms with Gasteiger partial charge in [0.25, 0.3) is 0 Å². The minimum atomic E-state index is -4.41. The second-order valence-electron chi connectivity index (χ2n) is 6.18. The van der Waals surface area contributed by atoms with Gasteiger partial charge >= 0.3 is 12.2 Å². The van der Waals surface area contributed by atoms with Crippen molar-refractivity contribution in [3.63, 3.8) is 0 Å². The van der Waals surface area contributed by atoms with Gasteiger partial charge in [-0.2, -0.15) is 18.3 Å². The highest BCUT2D eigenvalue weighted by Gasteiger charge is 2.30. The molecule has 0 radical (unpaired) electrons. The number of alkyl halides is 3. The van der Waals surface area contributed by atoms with Crippen LogP contribution in [0.15, 0.2) is 30.5 Å². The summed E-state index contributed by atoms with van der Waals surface area (Å²) < 4.78 is 44.4. The van der Waals surface area contributed by atoms with E-state index >= 15 is 0 Å². The van der Waals surface area contributed by atoms with E-state index < -0.39 is 23.9 Å². The molecular weight excluding hydrogens is 377 g/mol. The van der Waals surface area contributed by atoms with Gasteiger partial charge in [-0.25, -0.2) is 4.79 Å². The number of aliphatic hydroxyl groups excluding tert-OH is 1. The second kappa shape index (κ2) is 9.45. The van der Waals surface area contributed by atoms with Crippen LogP contribution in [0.4, 0.5) is 18.0 Å². The molecule has 1 unspecified atom stereocenters. The van der Waals surface area contributed by atoms with Gasteiger partial charge in [-0.05, 0) is 30.7 Å². The van der Waals surface area contributed by atoms with Gasteiger partial charge in [0.2, 0.25) is 0 Å². The molecule has 154 valence electrons. The summed E-state index contributed by atoms with van der Waals surface area (Å²) in [5, 5.41) is 19.3. The van der Waals surface area contributed by atoms with Crippen LogP contribution in [0.5, 0.6) is 5.75 Å². The molecule has 1 aromatic heterocycles. The lowest BCUT2D eigenvalue weighted by Crippen LogP contribution is -2.41. The molecule has 0 saturated carbocycles. The van der Waals surface area contributed by atoms with Crippen molar-refractivity contribution in [3.8, 4) is 5.75 Å². The fraction of sp³-hybridized carbons (Fsp3) is 0.444. The molecule has 1 atom stereocenters. The summed E-state index contributed by atoms with van der Waals surface area (Å²) >= 11 is 0. The number of nitrogens with zero attached hydrogens (tertiary/aromatic N) is 2. The predicted octanol–water partition coefficient (Wildman–Crippen LogP) is 2.24. The largest absolute Gasteiger partial charge is 0.491 e. The lowest BCUT2D eigenvalue weighted by molar-refractivity contribution is -0.137. The number of aromatic nitrogens is 2. The quantitative estimate of drug-likeness (QED) is 0.634. The van der Waals surface area contributed by atoms with E-state index in [1.54, 1.807) is 11.7 Å². The molecule has 0 aliphatic rings. The molecule has 0 aliphatic heterocycles. The lowest BCUT2D eigenvalue weighted by Gasteiger charge is -2.14. The van der Waals surface area contributed by atoms with E-state index in [1.807, 2.05) is 13.1 Å². The number of rotatable bonds is 8. The number of hydrogen-bond donors (Lipinski definition) is 3. The summed E-state index contributed by atoms with van der Waals surface area (Å²) in [6, 6.07) is 3.69. The third-order valence-electron chi connectivity index (χ3n) is 3.89. The maximum atomic E-state index is 12.5. The summed E-state index contributed by atoms with van der Waals surface area (Å²) in [5.41, 5.74) is 1.03. The van der Waals surface area contributed by atoms with Crippen molar-refractivity contribution >= 4 is 6.03 Å².